The Bertz CT molecular complexity index is 601. The molecule has 0 saturated carbocycles. The molecular weight excluding hydrogens is 332 g/mol. The van der Waals surface area contributed by atoms with E-state index in [1.54, 1.807) is 0 Å². The van der Waals surface area contributed by atoms with Crippen LogP contribution >= 0.6 is 11.3 Å². The van der Waals surface area contributed by atoms with Gasteiger partial charge >= 0.3 is 0 Å². The fourth-order valence-electron chi connectivity index (χ4n) is 3.35. The van der Waals surface area contributed by atoms with E-state index < -0.39 is 10.0 Å². The molecule has 3 heterocycles. The van der Waals surface area contributed by atoms with Gasteiger partial charge in [0, 0.05) is 42.0 Å². The predicted molar refractivity (Wildman–Crippen MR) is 93.1 cm³/mol. The van der Waals surface area contributed by atoms with Crippen LogP contribution in [-0.2, 0) is 21.3 Å². The first kappa shape index (κ1) is 17.4. The second-order valence-corrected chi connectivity index (χ2v) is 9.58. The Hall–Kier alpha value is -0.470. The molecule has 0 unspecified atom stereocenters. The predicted octanol–water partition coefficient (Wildman–Crippen LogP) is 2.50. The molecular formula is C16H26N2O3S2. The molecule has 2 fully saturated rings. The minimum Gasteiger partial charge on any atom is -0.373 e. The van der Waals surface area contributed by atoms with E-state index in [1.807, 2.05) is 11.3 Å². The third-order valence-electron chi connectivity index (χ3n) is 4.53. The van der Waals surface area contributed by atoms with E-state index in [1.165, 1.54) is 28.9 Å². The van der Waals surface area contributed by atoms with Crippen molar-refractivity contribution in [3.05, 3.63) is 21.9 Å². The quantitative estimate of drug-likeness (QED) is 0.879. The Kier molecular flexibility index (Phi) is 5.74. The Balaban J connectivity index is 1.48. The van der Waals surface area contributed by atoms with Crippen LogP contribution in [0.1, 0.15) is 48.0 Å². The Morgan fingerprint density at radius 1 is 1.26 bits per heavy atom. The van der Waals surface area contributed by atoms with E-state index in [0.29, 0.717) is 6.10 Å². The van der Waals surface area contributed by atoms with E-state index in [-0.39, 0.29) is 6.04 Å². The van der Waals surface area contributed by atoms with E-state index >= 15 is 0 Å². The van der Waals surface area contributed by atoms with E-state index in [9.17, 15) is 8.42 Å². The molecule has 3 rings (SSSR count). The molecule has 0 spiro atoms. The van der Waals surface area contributed by atoms with Crippen molar-refractivity contribution in [2.24, 2.45) is 0 Å². The van der Waals surface area contributed by atoms with Gasteiger partial charge in [0.15, 0.2) is 0 Å². The molecule has 2 saturated heterocycles. The van der Waals surface area contributed by atoms with E-state index in [0.717, 1.165) is 45.5 Å². The van der Waals surface area contributed by atoms with Crippen LogP contribution in [0, 0.1) is 0 Å². The number of hydrogen-bond acceptors (Lipinski definition) is 5. The summed E-state index contributed by atoms with van der Waals surface area (Å²) in [5.74, 6) is 0. The summed E-state index contributed by atoms with van der Waals surface area (Å²) < 4.78 is 31.2. The number of rotatable bonds is 5. The monoisotopic (exact) mass is 358 g/mol. The number of nitrogens with one attached hydrogen (secondary N) is 1. The summed E-state index contributed by atoms with van der Waals surface area (Å²) >= 11 is 1.87. The van der Waals surface area contributed by atoms with Gasteiger partial charge in [-0.3, -0.25) is 4.90 Å². The summed E-state index contributed by atoms with van der Waals surface area (Å²) in [7, 11) is -3.09. The average Bonchev–Trinajstić information content (AvgIpc) is 2.97. The number of likely N-dealkylation sites (tertiary alicyclic amines) is 1. The van der Waals surface area contributed by atoms with Crippen LogP contribution in [0.15, 0.2) is 12.1 Å². The number of nitrogens with zero attached hydrogens (tertiary/aromatic N) is 1. The van der Waals surface area contributed by atoms with Crippen LogP contribution in [0.5, 0.6) is 0 Å². The van der Waals surface area contributed by atoms with Crippen molar-refractivity contribution in [2.45, 2.75) is 50.8 Å². The maximum atomic E-state index is 11.3. The molecule has 1 aromatic heterocycles. The summed E-state index contributed by atoms with van der Waals surface area (Å²) in [6, 6.07) is 4.53. The first-order valence-corrected chi connectivity index (χ1v) is 11.1. The normalized spacial score (nSPS) is 24.8. The SMILES string of the molecule is CS(=O)(=O)NC1CCN(Cc2ccc([C@@H]3CCCCO3)s2)CC1. The highest BCUT2D eigenvalue weighted by molar-refractivity contribution is 7.88. The Morgan fingerprint density at radius 2 is 2.04 bits per heavy atom. The lowest BCUT2D eigenvalue weighted by Crippen LogP contribution is -2.43. The molecule has 0 radical (unpaired) electrons. The topological polar surface area (TPSA) is 58.6 Å². The molecule has 5 nitrogen and oxygen atoms in total. The zero-order valence-corrected chi connectivity index (χ0v) is 15.3. The molecule has 0 aromatic carbocycles. The number of ether oxygens (including phenoxy) is 1. The Morgan fingerprint density at radius 3 is 2.70 bits per heavy atom. The second kappa shape index (κ2) is 7.61. The zero-order chi connectivity index (χ0) is 16.3. The van der Waals surface area contributed by atoms with Gasteiger partial charge in [-0.2, -0.15) is 0 Å². The number of thiophene rings is 1. The van der Waals surface area contributed by atoms with E-state index in [4.69, 9.17) is 4.74 Å². The average molecular weight is 359 g/mol. The maximum absolute atomic E-state index is 11.3. The molecule has 2 aliphatic rings. The first-order valence-electron chi connectivity index (χ1n) is 8.39. The third kappa shape index (κ3) is 5.26. The van der Waals surface area contributed by atoms with Crippen molar-refractivity contribution in [2.75, 3.05) is 26.0 Å². The second-order valence-electron chi connectivity index (χ2n) is 6.60. The molecule has 7 heteroatoms. The molecule has 23 heavy (non-hydrogen) atoms. The lowest BCUT2D eigenvalue weighted by Gasteiger charge is -2.31. The van der Waals surface area contributed by atoms with Crippen LogP contribution in [0.2, 0.25) is 0 Å². The van der Waals surface area contributed by atoms with Crippen LogP contribution < -0.4 is 4.72 Å². The molecule has 0 aliphatic carbocycles. The standard InChI is InChI=1S/C16H26N2O3S2/c1-23(19,20)17-13-7-9-18(10-8-13)12-14-5-6-16(22-14)15-4-2-3-11-21-15/h5-6,13,15,17H,2-4,7-12H2,1H3/t15-/m0/s1. The van der Waals surface area contributed by atoms with E-state index in [2.05, 4.69) is 21.8 Å². The smallest absolute Gasteiger partial charge is 0.208 e. The van der Waals surface area contributed by atoms with Gasteiger partial charge in [-0.05, 0) is 44.2 Å². The summed E-state index contributed by atoms with van der Waals surface area (Å²) in [5, 5.41) is 0. The molecule has 0 bridgehead atoms. The van der Waals surface area contributed by atoms with Crippen molar-refractivity contribution in [3.63, 3.8) is 0 Å². The summed E-state index contributed by atoms with van der Waals surface area (Å²) in [4.78, 5) is 5.15. The minimum absolute atomic E-state index is 0.0933. The van der Waals surface area contributed by atoms with Crippen molar-refractivity contribution < 1.29 is 13.2 Å². The fourth-order valence-corrected chi connectivity index (χ4v) is 5.33. The van der Waals surface area contributed by atoms with Crippen molar-refractivity contribution in [1.82, 2.24) is 9.62 Å². The van der Waals surface area contributed by atoms with Gasteiger partial charge in [-0.1, -0.05) is 0 Å². The summed E-state index contributed by atoms with van der Waals surface area (Å²) in [6.45, 7) is 3.74. The number of hydrogen-bond donors (Lipinski definition) is 1. The van der Waals surface area contributed by atoms with Crippen LogP contribution in [-0.4, -0.2) is 45.3 Å². The third-order valence-corrected chi connectivity index (χ3v) is 6.45. The lowest BCUT2D eigenvalue weighted by molar-refractivity contribution is 0.0172. The highest BCUT2D eigenvalue weighted by Crippen LogP contribution is 2.33. The summed E-state index contributed by atoms with van der Waals surface area (Å²) in [6.07, 6.45) is 6.90. The van der Waals surface area contributed by atoms with Gasteiger partial charge in [0.25, 0.3) is 0 Å². The Labute approximate surface area is 143 Å². The summed E-state index contributed by atoms with van der Waals surface area (Å²) in [5.41, 5.74) is 0. The van der Waals surface area contributed by atoms with Gasteiger partial charge in [0.1, 0.15) is 0 Å². The maximum Gasteiger partial charge on any atom is 0.208 e. The van der Waals surface area contributed by atoms with Gasteiger partial charge in [0.05, 0.1) is 12.4 Å². The number of piperidine rings is 1. The molecule has 1 aromatic rings. The van der Waals surface area contributed by atoms with Crippen molar-refractivity contribution >= 4 is 21.4 Å². The fraction of sp³-hybridized carbons (Fsp3) is 0.750. The molecule has 0 amide bonds. The van der Waals surface area contributed by atoms with Crippen molar-refractivity contribution in [1.29, 1.82) is 0 Å². The van der Waals surface area contributed by atoms with Gasteiger partial charge in [-0.15, -0.1) is 11.3 Å². The molecule has 1 N–H and O–H groups in total. The van der Waals surface area contributed by atoms with Crippen molar-refractivity contribution in [3.8, 4) is 0 Å². The highest BCUT2D eigenvalue weighted by Gasteiger charge is 2.23. The zero-order valence-electron chi connectivity index (χ0n) is 13.7. The lowest BCUT2D eigenvalue weighted by atomic mass is 10.1. The molecule has 2 aliphatic heterocycles. The van der Waals surface area contributed by atoms with Crippen LogP contribution in [0.4, 0.5) is 0 Å². The molecule has 130 valence electrons. The van der Waals surface area contributed by atoms with Crippen LogP contribution in [0.25, 0.3) is 0 Å². The minimum atomic E-state index is -3.09. The van der Waals surface area contributed by atoms with Crippen LogP contribution in [0.3, 0.4) is 0 Å². The largest absolute Gasteiger partial charge is 0.373 e. The van der Waals surface area contributed by atoms with Gasteiger partial charge in [-0.25, -0.2) is 13.1 Å². The molecule has 1 atom stereocenters. The first-order chi connectivity index (χ1) is 11.0. The van der Waals surface area contributed by atoms with Gasteiger partial charge in [0.2, 0.25) is 10.0 Å². The number of sulfonamides is 1. The van der Waals surface area contributed by atoms with Gasteiger partial charge < -0.3 is 4.74 Å². The highest BCUT2D eigenvalue weighted by atomic mass is 32.2.